The van der Waals surface area contributed by atoms with Crippen LogP contribution in [0.2, 0.25) is 0 Å². The molecule has 2 rings (SSSR count). The van der Waals surface area contributed by atoms with E-state index in [1.165, 1.54) is 45.1 Å². The number of aliphatic hydroxyl groups is 1. The van der Waals surface area contributed by atoms with E-state index in [0.29, 0.717) is 6.61 Å². The van der Waals surface area contributed by atoms with Crippen molar-refractivity contribution in [2.45, 2.75) is 44.9 Å². The molecule has 0 radical (unpaired) electrons. The first-order valence-electron chi connectivity index (χ1n) is 6.73. The smallest absolute Gasteiger partial charge is 0.0431 e. The zero-order valence-corrected chi connectivity index (χ0v) is 9.75. The van der Waals surface area contributed by atoms with Crippen molar-refractivity contribution in [2.24, 2.45) is 17.8 Å². The van der Waals surface area contributed by atoms with E-state index in [4.69, 9.17) is 5.11 Å². The van der Waals surface area contributed by atoms with E-state index < -0.39 is 0 Å². The molecule has 2 aliphatic rings. The van der Waals surface area contributed by atoms with Gasteiger partial charge in [-0.1, -0.05) is 0 Å². The SMILES string of the molecule is OCCCCCNCC(C1CC1)C1CC1. The van der Waals surface area contributed by atoms with Gasteiger partial charge in [-0.3, -0.25) is 0 Å². The lowest BCUT2D eigenvalue weighted by Crippen LogP contribution is -2.26. The summed E-state index contributed by atoms with van der Waals surface area (Å²) in [5.74, 6) is 3.15. The number of nitrogens with one attached hydrogen (secondary N) is 1. The number of unbranched alkanes of at least 4 members (excludes halogenated alkanes) is 2. The van der Waals surface area contributed by atoms with Crippen molar-refractivity contribution in [1.82, 2.24) is 5.32 Å². The lowest BCUT2D eigenvalue weighted by atomic mass is 9.98. The molecule has 15 heavy (non-hydrogen) atoms. The first-order valence-corrected chi connectivity index (χ1v) is 6.73. The van der Waals surface area contributed by atoms with Crippen LogP contribution >= 0.6 is 0 Å². The molecule has 0 atom stereocenters. The van der Waals surface area contributed by atoms with Crippen molar-refractivity contribution < 1.29 is 5.11 Å². The Morgan fingerprint density at radius 2 is 1.67 bits per heavy atom. The van der Waals surface area contributed by atoms with Gasteiger partial charge in [0.05, 0.1) is 0 Å². The van der Waals surface area contributed by atoms with E-state index in [2.05, 4.69) is 5.32 Å². The highest BCUT2D eigenvalue weighted by atomic mass is 16.2. The van der Waals surface area contributed by atoms with Crippen LogP contribution in [0.4, 0.5) is 0 Å². The Morgan fingerprint density at radius 3 is 2.20 bits per heavy atom. The third kappa shape index (κ3) is 4.12. The molecule has 0 saturated heterocycles. The highest BCUT2D eigenvalue weighted by molar-refractivity contribution is 4.92. The van der Waals surface area contributed by atoms with Gasteiger partial charge < -0.3 is 10.4 Å². The lowest BCUT2D eigenvalue weighted by molar-refractivity contribution is 0.282. The minimum Gasteiger partial charge on any atom is -0.396 e. The van der Waals surface area contributed by atoms with Gasteiger partial charge in [-0.2, -0.15) is 0 Å². The van der Waals surface area contributed by atoms with Gasteiger partial charge in [0, 0.05) is 6.61 Å². The largest absolute Gasteiger partial charge is 0.396 e. The van der Waals surface area contributed by atoms with Gasteiger partial charge in [0.25, 0.3) is 0 Å². The second-order valence-electron chi connectivity index (χ2n) is 5.33. The van der Waals surface area contributed by atoms with Gasteiger partial charge in [-0.15, -0.1) is 0 Å². The fraction of sp³-hybridized carbons (Fsp3) is 1.00. The average molecular weight is 211 g/mol. The quantitative estimate of drug-likeness (QED) is 0.573. The third-order valence-electron chi connectivity index (χ3n) is 3.85. The van der Waals surface area contributed by atoms with Crippen LogP contribution in [0, 0.1) is 17.8 Å². The average Bonchev–Trinajstić information content (AvgIpc) is 3.09. The molecule has 2 N–H and O–H groups in total. The Kier molecular flexibility index (Phi) is 4.45. The zero-order chi connectivity index (χ0) is 10.5. The highest BCUT2D eigenvalue weighted by Crippen LogP contribution is 2.48. The molecule has 2 fully saturated rings. The van der Waals surface area contributed by atoms with E-state index in [1.54, 1.807) is 0 Å². The molecule has 2 aliphatic carbocycles. The zero-order valence-electron chi connectivity index (χ0n) is 9.75. The molecular formula is C13H25NO. The Morgan fingerprint density at radius 1 is 1.00 bits per heavy atom. The van der Waals surface area contributed by atoms with Crippen LogP contribution in [0.3, 0.4) is 0 Å². The van der Waals surface area contributed by atoms with Crippen LogP contribution in [0.5, 0.6) is 0 Å². The van der Waals surface area contributed by atoms with E-state index in [-0.39, 0.29) is 0 Å². The molecule has 0 spiro atoms. The molecule has 0 bridgehead atoms. The molecular weight excluding hydrogens is 186 g/mol. The molecule has 2 nitrogen and oxygen atoms in total. The Bertz CT molecular complexity index is 163. The highest BCUT2D eigenvalue weighted by Gasteiger charge is 2.40. The molecule has 0 aromatic carbocycles. The molecule has 0 heterocycles. The van der Waals surface area contributed by atoms with Crippen LogP contribution in [0.1, 0.15) is 44.9 Å². The van der Waals surface area contributed by atoms with Crippen molar-refractivity contribution in [3.05, 3.63) is 0 Å². The Labute approximate surface area is 93.5 Å². The number of aliphatic hydroxyl groups excluding tert-OH is 1. The maximum atomic E-state index is 8.65. The fourth-order valence-corrected chi connectivity index (χ4v) is 2.57. The molecule has 0 aliphatic heterocycles. The van der Waals surface area contributed by atoms with Crippen LogP contribution in [-0.2, 0) is 0 Å². The lowest BCUT2D eigenvalue weighted by Gasteiger charge is -2.16. The monoisotopic (exact) mass is 211 g/mol. The normalized spacial score (nSPS) is 21.2. The van der Waals surface area contributed by atoms with Gasteiger partial charge in [0.15, 0.2) is 0 Å². The predicted octanol–water partition coefficient (Wildman–Crippen LogP) is 2.17. The van der Waals surface area contributed by atoms with Gasteiger partial charge in [-0.05, 0) is 75.8 Å². The van der Waals surface area contributed by atoms with Gasteiger partial charge in [0.2, 0.25) is 0 Å². The Balaban J connectivity index is 1.48. The number of hydrogen-bond acceptors (Lipinski definition) is 2. The Hall–Kier alpha value is -0.0800. The van der Waals surface area contributed by atoms with Gasteiger partial charge >= 0.3 is 0 Å². The van der Waals surface area contributed by atoms with E-state index in [9.17, 15) is 0 Å². The summed E-state index contributed by atoms with van der Waals surface area (Å²) >= 11 is 0. The van der Waals surface area contributed by atoms with E-state index in [0.717, 1.165) is 30.7 Å². The molecule has 2 heteroatoms. The summed E-state index contributed by atoms with van der Waals surface area (Å²) in [5.41, 5.74) is 0. The van der Waals surface area contributed by atoms with Crippen molar-refractivity contribution >= 4 is 0 Å². The van der Waals surface area contributed by atoms with Crippen LogP contribution in [-0.4, -0.2) is 24.8 Å². The van der Waals surface area contributed by atoms with Gasteiger partial charge in [0.1, 0.15) is 0 Å². The predicted molar refractivity (Wildman–Crippen MR) is 62.7 cm³/mol. The minimum atomic E-state index is 0.354. The minimum absolute atomic E-state index is 0.354. The maximum Gasteiger partial charge on any atom is 0.0431 e. The van der Waals surface area contributed by atoms with Crippen molar-refractivity contribution in [3.8, 4) is 0 Å². The molecule has 2 saturated carbocycles. The van der Waals surface area contributed by atoms with E-state index >= 15 is 0 Å². The van der Waals surface area contributed by atoms with Crippen molar-refractivity contribution in [1.29, 1.82) is 0 Å². The second kappa shape index (κ2) is 5.86. The van der Waals surface area contributed by atoms with Gasteiger partial charge in [-0.25, -0.2) is 0 Å². The van der Waals surface area contributed by atoms with Crippen LogP contribution in [0.25, 0.3) is 0 Å². The third-order valence-corrected chi connectivity index (χ3v) is 3.85. The molecule has 0 aromatic rings. The summed E-state index contributed by atoms with van der Waals surface area (Å²) in [5, 5.41) is 12.3. The summed E-state index contributed by atoms with van der Waals surface area (Å²) in [6.07, 6.45) is 9.33. The molecule has 0 aromatic heterocycles. The summed E-state index contributed by atoms with van der Waals surface area (Å²) < 4.78 is 0. The number of hydrogen-bond donors (Lipinski definition) is 2. The summed E-state index contributed by atoms with van der Waals surface area (Å²) in [7, 11) is 0. The molecule has 88 valence electrons. The molecule has 0 unspecified atom stereocenters. The summed E-state index contributed by atoms with van der Waals surface area (Å²) in [6.45, 7) is 2.76. The van der Waals surface area contributed by atoms with Crippen molar-refractivity contribution in [3.63, 3.8) is 0 Å². The summed E-state index contributed by atoms with van der Waals surface area (Å²) in [4.78, 5) is 0. The van der Waals surface area contributed by atoms with Crippen LogP contribution < -0.4 is 5.32 Å². The standard InChI is InChI=1S/C13H25NO/c15-9-3-1-2-8-14-10-13(11-4-5-11)12-6-7-12/h11-15H,1-10H2. The maximum absolute atomic E-state index is 8.65. The van der Waals surface area contributed by atoms with Crippen molar-refractivity contribution in [2.75, 3.05) is 19.7 Å². The first kappa shape index (κ1) is 11.4. The number of rotatable bonds is 9. The van der Waals surface area contributed by atoms with Crippen LogP contribution in [0.15, 0.2) is 0 Å². The molecule has 0 amide bonds. The van der Waals surface area contributed by atoms with E-state index in [1.807, 2.05) is 0 Å². The fourth-order valence-electron chi connectivity index (χ4n) is 2.57. The topological polar surface area (TPSA) is 32.3 Å². The first-order chi connectivity index (χ1) is 7.42. The summed E-state index contributed by atoms with van der Waals surface area (Å²) in [6, 6.07) is 0. The second-order valence-corrected chi connectivity index (χ2v) is 5.33.